The van der Waals surface area contributed by atoms with Gasteiger partial charge in [0.15, 0.2) is 17.3 Å². The van der Waals surface area contributed by atoms with E-state index in [-0.39, 0.29) is 18.3 Å². The molecule has 1 aliphatic heterocycles. The van der Waals surface area contributed by atoms with Gasteiger partial charge in [-0.3, -0.25) is 9.69 Å². The Bertz CT molecular complexity index is 805. The number of hydrogen-bond donors (Lipinski definition) is 1. The Labute approximate surface area is 172 Å². The van der Waals surface area contributed by atoms with Crippen LogP contribution >= 0.6 is 0 Å². The average Bonchev–Trinajstić information content (AvgIpc) is 2.77. The third-order valence-corrected chi connectivity index (χ3v) is 5.23. The highest BCUT2D eigenvalue weighted by Gasteiger charge is 2.27. The van der Waals surface area contributed by atoms with Crippen LogP contribution in [-0.4, -0.2) is 56.3 Å². The normalized spacial score (nSPS) is 17.0. The zero-order valence-corrected chi connectivity index (χ0v) is 17.1. The summed E-state index contributed by atoms with van der Waals surface area (Å²) in [6.45, 7) is 2.83. The Morgan fingerprint density at radius 2 is 1.86 bits per heavy atom. The average molecular weight is 399 g/mol. The summed E-state index contributed by atoms with van der Waals surface area (Å²) in [6.07, 6.45) is 1.90. The minimum Gasteiger partial charge on any atom is -0.493 e. The van der Waals surface area contributed by atoms with Crippen LogP contribution in [0.1, 0.15) is 28.8 Å². The molecule has 0 radical (unpaired) electrons. The summed E-state index contributed by atoms with van der Waals surface area (Å²) >= 11 is 0. The molecule has 2 aromatic rings. The molecule has 1 N–H and O–H groups in total. The first kappa shape index (κ1) is 21.1. The molecule has 156 valence electrons. The monoisotopic (exact) mass is 399 g/mol. The molecular weight excluding hydrogens is 370 g/mol. The quantitative estimate of drug-likeness (QED) is 0.654. The summed E-state index contributed by atoms with van der Waals surface area (Å²) in [7, 11) is 3.16. The third-order valence-electron chi connectivity index (χ3n) is 5.23. The second kappa shape index (κ2) is 10.3. The first-order valence-corrected chi connectivity index (χ1v) is 9.95. The van der Waals surface area contributed by atoms with Crippen LogP contribution in [0.3, 0.4) is 0 Å². The molecule has 6 heteroatoms. The van der Waals surface area contributed by atoms with Crippen molar-refractivity contribution in [3.63, 3.8) is 0 Å². The zero-order valence-electron chi connectivity index (χ0n) is 17.1. The lowest BCUT2D eigenvalue weighted by atomic mass is 9.89. The number of methoxy groups -OCH3 is 2. The van der Waals surface area contributed by atoms with Crippen molar-refractivity contribution in [3.05, 3.63) is 53.6 Å². The molecule has 0 aliphatic carbocycles. The Kier molecular flexibility index (Phi) is 7.49. The molecular formula is C23H29NO5. The van der Waals surface area contributed by atoms with Crippen LogP contribution in [0.2, 0.25) is 0 Å². The van der Waals surface area contributed by atoms with Gasteiger partial charge in [-0.25, -0.2) is 0 Å². The molecule has 29 heavy (non-hydrogen) atoms. The molecule has 1 saturated heterocycles. The summed E-state index contributed by atoms with van der Waals surface area (Å²) < 4.78 is 16.0. The number of hydrogen-bond acceptors (Lipinski definition) is 6. The Hall–Kier alpha value is -2.57. The summed E-state index contributed by atoms with van der Waals surface area (Å²) in [5.74, 6) is 2.09. The van der Waals surface area contributed by atoms with Crippen molar-refractivity contribution >= 4 is 5.78 Å². The van der Waals surface area contributed by atoms with E-state index in [1.807, 2.05) is 30.3 Å². The number of nitrogens with zero attached hydrogens (tertiary/aromatic N) is 1. The second-order valence-corrected chi connectivity index (χ2v) is 7.22. The van der Waals surface area contributed by atoms with Crippen molar-refractivity contribution in [2.24, 2.45) is 5.92 Å². The number of likely N-dealkylation sites (tertiary alicyclic amines) is 1. The number of carbonyl (C=O) groups excluding carboxylic acids is 1. The van der Waals surface area contributed by atoms with Gasteiger partial charge in [-0.1, -0.05) is 12.1 Å². The largest absolute Gasteiger partial charge is 0.493 e. The maximum absolute atomic E-state index is 13.1. The lowest BCUT2D eigenvalue weighted by Crippen LogP contribution is -2.38. The van der Waals surface area contributed by atoms with Crippen LogP contribution in [0, 0.1) is 5.92 Å². The molecule has 0 amide bonds. The molecule has 0 bridgehead atoms. The lowest BCUT2D eigenvalue weighted by molar-refractivity contribution is 0.0811. The standard InChI is InChI=1S/C23H29NO5/c1-27-21-10-7-18(14-22(21)28-2)23(26)19-4-3-11-24(16-19)15-17-5-8-20(9-6-17)29-13-12-25/h5-10,14,19,25H,3-4,11-13,15-16H2,1-2H3/t19-/m0/s1. The SMILES string of the molecule is COc1ccc(C(=O)[C@H]2CCCN(Cc3ccc(OCCO)cc3)C2)cc1OC. The number of aliphatic hydroxyl groups is 1. The first-order chi connectivity index (χ1) is 14.1. The van der Waals surface area contributed by atoms with E-state index in [4.69, 9.17) is 19.3 Å². The number of rotatable bonds is 9. The zero-order chi connectivity index (χ0) is 20.6. The van der Waals surface area contributed by atoms with Crippen molar-refractivity contribution in [2.45, 2.75) is 19.4 Å². The predicted molar refractivity (Wildman–Crippen MR) is 111 cm³/mol. The van der Waals surface area contributed by atoms with Gasteiger partial charge in [-0.05, 0) is 55.3 Å². The van der Waals surface area contributed by atoms with E-state index in [9.17, 15) is 4.79 Å². The number of ether oxygens (including phenoxy) is 3. The Morgan fingerprint density at radius 3 is 2.55 bits per heavy atom. The number of benzene rings is 2. The molecule has 0 aromatic heterocycles. The van der Waals surface area contributed by atoms with Gasteiger partial charge in [0.1, 0.15) is 12.4 Å². The Balaban J connectivity index is 1.62. The van der Waals surface area contributed by atoms with Crippen molar-refractivity contribution < 1.29 is 24.1 Å². The van der Waals surface area contributed by atoms with Crippen LogP contribution in [0.5, 0.6) is 17.2 Å². The van der Waals surface area contributed by atoms with Gasteiger partial charge in [0.25, 0.3) is 0 Å². The fraction of sp³-hybridized carbons (Fsp3) is 0.435. The van der Waals surface area contributed by atoms with E-state index in [1.54, 1.807) is 26.4 Å². The number of aliphatic hydroxyl groups excluding tert-OH is 1. The van der Waals surface area contributed by atoms with Gasteiger partial charge in [0, 0.05) is 24.6 Å². The maximum atomic E-state index is 13.1. The number of ketones is 1. The van der Waals surface area contributed by atoms with Crippen LogP contribution in [0.25, 0.3) is 0 Å². The van der Waals surface area contributed by atoms with E-state index in [0.29, 0.717) is 23.7 Å². The van der Waals surface area contributed by atoms with Crippen molar-refractivity contribution in [1.29, 1.82) is 0 Å². The fourth-order valence-electron chi connectivity index (χ4n) is 3.75. The van der Waals surface area contributed by atoms with Crippen molar-refractivity contribution in [1.82, 2.24) is 4.90 Å². The van der Waals surface area contributed by atoms with Crippen molar-refractivity contribution in [3.8, 4) is 17.2 Å². The second-order valence-electron chi connectivity index (χ2n) is 7.22. The molecule has 1 aliphatic rings. The van der Waals surface area contributed by atoms with E-state index in [2.05, 4.69) is 4.90 Å². The molecule has 0 unspecified atom stereocenters. The van der Waals surface area contributed by atoms with Gasteiger partial charge >= 0.3 is 0 Å². The Morgan fingerprint density at radius 1 is 1.10 bits per heavy atom. The predicted octanol–water partition coefficient (Wildman–Crippen LogP) is 3.17. The van der Waals surface area contributed by atoms with Crippen LogP contribution in [-0.2, 0) is 6.54 Å². The molecule has 0 saturated carbocycles. The van der Waals surface area contributed by atoms with E-state index >= 15 is 0 Å². The van der Waals surface area contributed by atoms with Crippen LogP contribution in [0.4, 0.5) is 0 Å². The minimum absolute atomic E-state index is 0.00498. The number of carbonyl (C=O) groups is 1. The molecule has 2 aromatic carbocycles. The minimum atomic E-state index is -0.0194. The smallest absolute Gasteiger partial charge is 0.167 e. The van der Waals surface area contributed by atoms with Gasteiger partial charge in [0.05, 0.1) is 20.8 Å². The fourth-order valence-corrected chi connectivity index (χ4v) is 3.75. The topological polar surface area (TPSA) is 68.2 Å². The van der Waals surface area contributed by atoms with Crippen LogP contribution < -0.4 is 14.2 Å². The molecule has 6 nitrogen and oxygen atoms in total. The molecule has 1 heterocycles. The number of piperidine rings is 1. The molecule has 0 spiro atoms. The molecule has 3 rings (SSSR count). The van der Waals surface area contributed by atoms with E-state index < -0.39 is 0 Å². The lowest BCUT2D eigenvalue weighted by Gasteiger charge is -2.32. The highest BCUT2D eigenvalue weighted by molar-refractivity contribution is 5.98. The molecule has 1 fully saturated rings. The van der Waals surface area contributed by atoms with E-state index in [1.165, 1.54) is 5.56 Å². The van der Waals surface area contributed by atoms with Gasteiger partial charge in [-0.15, -0.1) is 0 Å². The van der Waals surface area contributed by atoms with Crippen LogP contribution in [0.15, 0.2) is 42.5 Å². The van der Waals surface area contributed by atoms with Crippen molar-refractivity contribution in [2.75, 3.05) is 40.5 Å². The van der Waals surface area contributed by atoms with Gasteiger partial charge in [0.2, 0.25) is 0 Å². The van der Waals surface area contributed by atoms with Gasteiger partial charge in [-0.2, -0.15) is 0 Å². The highest BCUT2D eigenvalue weighted by Crippen LogP contribution is 2.30. The first-order valence-electron chi connectivity index (χ1n) is 9.95. The summed E-state index contributed by atoms with van der Waals surface area (Å²) in [5.41, 5.74) is 1.85. The summed E-state index contributed by atoms with van der Waals surface area (Å²) in [4.78, 5) is 15.4. The summed E-state index contributed by atoms with van der Waals surface area (Å²) in [5, 5.41) is 8.83. The molecule has 1 atom stereocenters. The number of Topliss-reactive ketones (excluding diaryl/α,β-unsaturated/α-hetero) is 1. The maximum Gasteiger partial charge on any atom is 0.167 e. The summed E-state index contributed by atoms with van der Waals surface area (Å²) in [6, 6.07) is 13.3. The van der Waals surface area contributed by atoms with E-state index in [0.717, 1.165) is 38.2 Å². The highest BCUT2D eigenvalue weighted by atomic mass is 16.5. The van der Waals surface area contributed by atoms with Gasteiger partial charge < -0.3 is 19.3 Å². The third kappa shape index (κ3) is 5.49.